The van der Waals surface area contributed by atoms with Crippen LogP contribution in [0.4, 0.5) is 0 Å². The van der Waals surface area contributed by atoms with Gasteiger partial charge >= 0.3 is 0 Å². The zero-order valence-corrected chi connectivity index (χ0v) is 8.85. The smallest absolute Gasteiger partial charge is 0.120 e. The molecular weight excluding hydrogens is 192 g/mol. The highest BCUT2D eigenvalue weighted by molar-refractivity contribution is 5.30. The molecule has 15 heavy (non-hydrogen) atoms. The van der Waals surface area contributed by atoms with Gasteiger partial charge in [0.05, 0.1) is 13.2 Å². The molecule has 3 heteroatoms. The summed E-state index contributed by atoms with van der Waals surface area (Å²) in [6, 6.07) is 6.62. The van der Waals surface area contributed by atoms with Crippen molar-refractivity contribution in [3.8, 4) is 11.5 Å². The number of rotatable bonds is 6. The fourth-order valence-electron chi connectivity index (χ4n) is 1.11. The van der Waals surface area contributed by atoms with E-state index >= 15 is 0 Å². The molecule has 0 aliphatic heterocycles. The Morgan fingerprint density at radius 1 is 1.40 bits per heavy atom. The second kappa shape index (κ2) is 6.09. The maximum atomic E-state index is 9.07. The van der Waals surface area contributed by atoms with Crippen LogP contribution in [-0.4, -0.2) is 24.4 Å². The first-order valence-corrected chi connectivity index (χ1v) is 4.86. The average molecular weight is 208 g/mol. The highest BCUT2D eigenvalue weighted by Gasteiger charge is 2.03. The quantitative estimate of drug-likeness (QED) is 0.576. The van der Waals surface area contributed by atoms with Crippen LogP contribution in [0.5, 0.6) is 11.5 Å². The molecular formula is C12H16O3. The minimum atomic E-state index is -0.0190. The van der Waals surface area contributed by atoms with Crippen molar-refractivity contribution in [2.45, 2.75) is 13.0 Å². The van der Waals surface area contributed by atoms with Gasteiger partial charge in [0.15, 0.2) is 0 Å². The molecule has 0 saturated carbocycles. The van der Waals surface area contributed by atoms with E-state index in [1.807, 2.05) is 6.92 Å². The summed E-state index contributed by atoms with van der Waals surface area (Å²) in [5, 5.41) is 9.07. The number of hydrogen-bond donors (Lipinski definition) is 1. The SMILES string of the molecule is C=CCOCC(C)Oc1ccc(O)cc1. The molecule has 0 aromatic heterocycles. The Balaban J connectivity index is 2.34. The monoisotopic (exact) mass is 208 g/mol. The van der Waals surface area contributed by atoms with Crippen LogP contribution in [0.2, 0.25) is 0 Å². The van der Waals surface area contributed by atoms with Crippen molar-refractivity contribution in [1.82, 2.24) is 0 Å². The number of benzene rings is 1. The number of phenols is 1. The van der Waals surface area contributed by atoms with E-state index in [0.29, 0.717) is 13.2 Å². The highest BCUT2D eigenvalue weighted by atomic mass is 16.5. The van der Waals surface area contributed by atoms with E-state index in [-0.39, 0.29) is 11.9 Å². The van der Waals surface area contributed by atoms with Gasteiger partial charge in [-0.05, 0) is 31.2 Å². The predicted octanol–water partition coefficient (Wildman–Crippen LogP) is 2.36. The first-order chi connectivity index (χ1) is 7.22. The number of aromatic hydroxyl groups is 1. The molecule has 0 spiro atoms. The van der Waals surface area contributed by atoms with Crippen LogP contribution >= 0.6 is 0 Å². The van der Waals surface area contributed by atoms with E-state index in [1.54, 1.807) is 30.3 Å². The summed E-state index contributed by atoms with van der Waals surface area (Å²) in [5.74, 6) is 0.959. The molecule has 0 aliphatic carbocycles. The van der Waals surface area contributed by atoms with E-state index in [0.717, 1.165) is 5.75 Å². The average Bonchev–Trinajstić information content (AvgIpc) is 2.22. The molecule has 3 nitrogen and oxygen atoms in total. The number of ether oxygens (including phenoxy) is 2. The largest absolute Gasteiger partial charge is 0.508 e. The summed E-state index contributed by atoms with van der Waals surface area (Å²) in [7, 11) is 0. The Kier molecular flexibility index (Phi) is 4.71. The van der Waals surface area contributed by atoms with Gasteiger partial charge in [-0.15, -0.1) is 6.58 Å². The van der Waals surface area contributed by atoms with E-state index in [4.69, 9.17) is 14.6 Å². The Bertz CT molecular complexity index is 292. The molecule has 82 valence electrons. The summed E-state index contributed by atoms with van der Waals surface area (Å²) >= 11 is 0. The van der Waals surface area contributed by atoms with Crippen molar-refractivity contribution in [3.63, 3.8) is 0 Å². The lowest BCUT2D eigenvalue weighted by atomic mass is 10.3. The topological polar surface area (TPSA) is 38.7 Å². The summed E-state index contributed by atoms with van der Waals surface area (Å²) < 4.78 is 10.8. The Labute approximate surface area is 90.0 Å². The maximum Gasteiger partial charge on any atom is 0.120 e. The minimum Gasteiger partial charge on any atom is -0.508 e. The van der Waals surface area contributed by atoms with Gasteiger partial charge in [-0.3, -0.25) is 0 Å². The van der Waals surface area contributed by atoms with Crippen LogP contribution in [0.3, 0.4) is 0 Å². The molecule has 1 unspecified atom stereocenters. The zero-order valence-electron chi connectivity index (χ0n) is 8.85. The van der Waals surface area contributed by atoms with Gasteiger partial charge in [0, 0.05) is 0 Å². The Hall–Kier alpha value is -1.48. The van der Waals surface area contributed by atoms with Gasteiger partial charge in [0.25, 0.3) is 0 Å². The normalized spacial score (nSPS) is 12.1. The Morgan fingerprint density at radius 2 is 2.07 bits per heavy atom. The molecule has 0 amide bonds. The lowest BCUT2D eigenvalue weighted by Crippen LogP contribution is -2.19. The van der Waals surface area contributed by atoms with E-state index in [9.17, 15) is 0 Å². The van der Waals surface area contributed by atoms with E-state index in [1.165, 1.54) is 0 Å². The van der Waals surface area contributed by atoms with Crippen LogP contribution in [0.15, 0.2) is 36.9 Å². The minimum absolute atomic E-state index is 0.0190. The molecule has 1 aromatic rings. The lowest BCUT2D eigenvalue weighted by molar-refractivity contribution is 0.0737. The fraction of sp³-hybridized carbons (Fsp3) is 0.333. The Morgan fingerprint density at radius 3 is 2.67 bits per heavy atom. The second-order valence-electron chi connectivity index (χ2n) is 3.25. The summed E-state index contributed by atoms with van der Waals surface area (Å²) in [6.07, 6.45) is 1.68. The van der Waals surface area contributed by atoms with Crippen molar-refractivity contribution in [3.05, 3.63) is 36.9 Å². The third kappa shape index (κ3) is 4.51. The van der Waals surface area contributed by atoms with Gasteiger partial charge in [-0.1, -0.05) is 6.08 Å². The van der Waals surface area contributed by atoms with Crippen molar-refractivity contribution < 1.29 is 14.6 Å². The van der Waals surface area contributed by atoms with Gasteiger partial charge in [-0.2, -0.15) is 0 Å². The van der Waals surface area contributed by atoms with E-state index < -0.39 is 0 Å². The molecule has 0 heterocycles. The number of phenolic OH excluding ortho intramolecular Hbond substituents is 1. The summed E-state index contributed by atoms with van der Waals surface area (Å²) in [6.45, 7) is 6.54. The van der Waals surface area contributed by atoms with Crippen molar-refractivity contribution in [1.29, 1.82) is 0 Å². The first-order valence-electron chi connectivity index (χ1n) is 4.86. The van der Waals surface area contributed by atoms with Crippen molar-refractivity contribution >= 4 is 0 Å². The molecule has 0 fully saturated rings. The molecule has 1 aromatic carbocycles. The molecule has 0 aliphatic rings. The van der Waals surface area contributed by atoms with Gasteiger partial charge < -0.3 is 14.6 Å². The van der Waals surface area contributed by atoms with Crippen LogP contribution in [0.1, 0.15) is 6.92 Å². The number of hydrogen-bond acceptors (Lipinski definition) is 3. The van der Waals surface area contributed by atoms with Gasteiger partial charge in [0.2, 0.25) is 0 Å². The van der Waals surface area contributed by atoms with E-state index in [2.05, 4.69) is 6.58 Å². The fourth-order valence-corrected chi connectivity index (χ4v) is 1.11. The van der Waals surface area contributed by atoms with Crippen molar-refractivity contribution in [2.75, 3.05) is 13.2 Å². The second-order valence-corrected chi connectivity index (χ2v) is 3.25. The van der Waals surface area contributed by atoms with Crippen LogP contribution in [-0.2, 0) is 4.74 Å². The summed E-state index contributed by atoms with van der Waals surface area (Å²) in [5.41, 5.74) is 0. The molecule has 0 bridgehead atoms. The molecule has 1 rings (SSSR count). The highest BCUT2D eigenvalue weighted by Crippen LogP contribution is 2.17. The maximum absolute atomic E-state index is 9.07. The van der Waals surface area contributed by atoms with Gasteiger partial charge in [0.1, 0.15) is 17.6 Å². The lowest BCUT2D eigenvalue weighted by Gasteiger charge is -2.14. The molecule has 0 saturated heterocycles. The third-order valence-electron chi connectivity index (χ3n) is 1.76. The van der Waals surface area contributed by atoms with Crippen LogP contribution in [0.25, 0.3) is 0 Å². The van der Waals surface area contributed by atoms with Gasteiger partial charge in [-0.25, -0.2) is 0 Å². The predicted molar refractivity (Wildman–Crippen MR) is 59.2 cm³/mol. The van der Waals surface area contributed by atoms with Crippen LogP contribution < -0.4 is 4.74 Å². The van der Waals surface area contributed by atoms with Crippen LogP contribution in [0, 0.1) is 0 Å². The summed E-state index contributed by atoms with van der Waals surface area (Å²) in [4.78, 5) is 0. The zero-order chi connectivity index (χ0) is 11.1. The molecule has 1 atom stereocenters. The molecule has 1 N–H and O–H groups in total. The third-order valence-corrected chi connectivity index (χ3v) is 1.76. The first kappa shape index (κ1) is 11.6. The molecule has 0 radical (unpaired) electrons. The van der Waals surface area contributed by atoms with Crippen molar-refractivity contribution in [2.24, 2.45) is 0 Å². The standard InChI is InChI=1S/C12H16O3/c1-3-8-14-9-10(2)15-12-6-4-11(13)5-7-12/h3-7,10,13H,1,8-9H2,2H3.